The van der Waals surface area contributed by atoms with Crippen molar-refractivity contribution in [2.24, 2.45) is 0 Å². The Kier molecular flexibility index (Phi) is 4.93. The molecule has 2 aromatic rings. The molecule has 1 aliphatic heterocycles. The molecular formula is C18H20N4O5. The lowest BCUT2D eigenvalue weighted by molar-refractivity contribution is -0.389. The molecule has 2 unspecified atom stereocenters. The lowest BCUT2D eigenvalue weighted by atomic mass is 9.89. The number of ether oxygens (including phenoxy) is 1. The summed E-state index contributed by atoms with van der Waals surface area (Å²) in [5, 5.41) is 11.1. The molecule has 0 aliphatic carbocycles. The van der Waals surface area contributed by atoms with Gasteiger partial charge in [0.2, 0.25) is 6.33 Å². The van der Waals surface area contributed by atoms with E-state index in [0.29, 0.717) is 24.9 Å². The maximum atomic E-state index is 13.6. The lowest BCUT2D eigenvalue weighted by Gasteiger charge is -2.35. The van der Waals surface area contributed by atoms with Gasteiger partial charge >= 0.3 is 11.8 Å². The molecule has 0 N–H and O–H groups in total. The minimum Gasteiger partial charge on any atom is -0.467 e. The first-order valence-electron chi connectivity index (χ1n) is 8.53. The van der Waals surface area contributed by atoms with E-state index in [1.54, 1.807) is 31.2 Å². The summed E-state index contributed by atoms with van der Waals surface area (Å²) in [7, 11) is 1.29. The number of nitro groups is 1. The largest absolute Gasteiger partial charge is 0.467 e. The Bertz CT molecular complexity index is 866. The third-order valence-corrected chi connectivity index (χ3v) is 5.01. The molecule has 0 radical (unpaired) electrons. The van der Waals surface area contributed by atoms with Gasteiger partial charge in [0.25, 0.3) is 5.91 Å². The summed E-state index contributed by atoms with van der Waals surface area (Å²) in [6.07, 6.45) is 3.70. The maximum Gasteiger partial charge on any atom is 0.381 e. The second kappa shape index (κ2) is 7.18. The average molecular weight is 372 g/mol. The van der Waals surface area contributed by atoms with Crippen molar-refractivity contribution >= 4 is 17.7 Å². The number of carbonyl (C=O) groups is 2. The smallest absolute Gasteiger partial charge is 0.381 e. The lowest BCUT2D eigenvalue weighted by Crippen LogP contribution is -2.52. The van der Waals surface area contributed by atoms with E-state index in [1.165, 1.54) is 29.1 Å². The normalized spacial score (nSPS) is 18.7. The van der Waals surface area contributed by atoms with Crippen LogP contribution in [0.5, 0.6) is 0 Å². The number of rotatable bonds is 5. The molecule has 0 bridgehead atoms. The molecule has 27 heavy (non-hydrogen) atoms. The van der Waals surface area contributed by atoms with Crippen molar-refractivity contribution in [2.75, 3.05) is 13.7 Å². The minimum absolute atomic E-state index is 0.339. The highest BCUT2D eigenvalue weighted by molar-refractivity contribution is 5.92. The zero-order valence-corrected chi connectivity index (χ0v) is 15.1. The van der Waals surface area contributed by atoms with Crippen LogP contribution in [0.25, 0.3) is 0 Å². The van der Waals surface area contributed by atoms with E-state index >= 15 is 0 Å². The maximum absolute atomic E-state index is 13.6. The summed E-state index contributed by atoms with van der Waals surface area (Å²) in [5.74, 6) is -1.15. The molecule has 1 fully saturated rings. The van der Waals surface area contributed by atoms with Gasteiger partial charge in [-0.2, -0.15) is 0 Å². The van der Waals surface area contributed by atoms with E-state index in [-0.39, 0.29) is 11.7 Å². The van der Waals surface area contributed by atoms with E-state index in [9.17, 15) is 19.7 Å². The fourth-order valence-corrected chi connectivity index (χ4v) is 3.47. The number of likely N-dealkylation sites (tertiary alicyclic amines) is 1. The van der Waals surface area contributed by atoms with Gasteiger partial charge in [-0.1, -0.05) is 30.3 Å². The predicted molar refractivity (Wildman–Crippen MR) is 94.8 cm³/mol. The van der Waals surface area contributed by atoms with E-state index in [4.69, 9.17) is 4.74 Å². The van der Waals surface area contributed by atoms with E-state index < -0.39 is 22.5 Å². The molecule has 2 heterocycles. The highest BCUT2D eigenvalue weighted by atomic mass is 16.6. The summed E-state index contributed by atoms with van der Waals surface area (Å²) >= 11 is 0. The fourth-order valence-electron chi connectivity index (χ4n) is 3.47. The molecule has 142 valence electrons. The molecule has 2 atom stereocenters. The number of amides is 1. The van der Waals surface area contributed by atoms with Crippen molar-refractivity contribution in [3.8, 4) is 0 Å². The van der Waals surface area contributed by atoms with Gasteiger partial charge in [-0.25, -0.2) is 4.79 Å². The van der Waals surface area contributed by atoms with Crippen molar-refractivity contribution in [1.29, 1.82) is 0 Å². The molecular weight excluding hydrogens is 352 g/mol. The first-order valence-corrected chi connectivity index (χ1v) is 8.53. The molecule has 9 heteroatoms. The van der Waals surface area contributed by atoms with Crippen LogP contribution >= 0.6 is 0 Å². The SMILES string of the molecule is COC(=O)C1CCCN1C(=O)C(C)(c1ccccc1)n1cnc([N+](=O)[O-])c1. The summed E-state index contributed by atoms with van der Waals surface area (Å²) < 4.78 is 6.26. The van der Waals surface area contributed by atoms with Crippen LogP contribution in [0.2, 0.25) is 0 Å². The quantitative estimate of drug-likeness (QED) is 0.449. The number of methoxy groups -OCH3 is 1. The van der Waals surface area contributed by atoms with E-state index in [1.807, 2.05) is 6.07 Å². The van der Waals surface area contributed by atoms with Crippen LogP contribution in [0.15, 0.2) is 42.9 Å². The number of esters is 1. The average Bonchev–Trinajstić information content (AvgIpc) is 3.36. The number of nitrogens with zero attached hydrogens (tertiary/aromatic N) is 4. The highest BCUT2D eigenvalue weighted by Gasteiger charge is 2.46. The monoisotopic (exact) mass is 372 g/mol. The Labute approximate surface area is 155 Å². The van der Waals surface area contributed by atoms with Crippen LogP contribution in [0.4, 0.5) is 5.82 Å². The van der Waals surface area contributed by atoms with Gasteiger partial charge in [0, 0.05) is 6.54 Å². The van der Waals surface area contributed by atoms with Crippen LogP contribution in [0, 0.1) is 10.1 Å². The Morgan fingerprint density at radius 2 is 2.04 bits per heavy atom. The summed E-state index contributed by atoms with van der Waals surface area (Å²) in [6.45, 7) is 2.08. The fraction of sp³-hybridized carbons (Fsp3) is 0.389. The number of imidazole rings is 1. The summed E-state index contributed by atoms with van der Waals surface area (Å²) in [6, 6.07) is 8.27. The molecule has 1 saturated heterocycles. The van der Waals surface area contributed by atoms with Crippen LogP contribution in [-0.4, -0.2) is 50.9 Å². The van der Waals surface area contributed by atoms with Crippen LogP contribution in [0.3, 0.4) is 0 Å². The topological polar surface area (TPSA) is 108 Å². The highest BCUT2D eigenvalue weighted by Crippen LogP contribution is 2.33. The van der Waals surface area contributed by atoms with Crippen LogP contribution in [0.1, 0.15) is 25.3 Å². The van der Waals surface area contributed by atoms with Gasteiger partial charge in [-0.15, -0.1) is 0 Å². The van der Waals surface area contributed by atoms with Gasteiger partial charge in [0.15, 0.2) is 0 Å². The molecule has 1 aromatic carbocycles. The Morgan fingerprint density at radius 1 is 1.33 bits per heavy atom. The van der Waals surface area contributed by atoms with Crippen LogP contribution in [-0.2, 0) is 19.9 Å². The van der Waals surface area contributed by atoms with Crippen molar-refractivity contribution in [3.63, 3.8) is 0 Å². The Hall–Kier alpha value is -3.23. The molecule has 9 nitrogen and oxygen atoms in total. The van der Waals surface area contributed by atoms with Crippen molar-refractivity contribution < 1.29 is 19.2 Å². The molecule has 3 rings (SSSR count). The van der Waals surface area contributed by atoms with Crippen LogP contribution < -0.4 is 0 Å². The van der Waals surface area contributed by atoms with E-state index in [2.05, 4.69) is 4.98 Å². The first-order chi connectivity index (χ1) is 12.9. The molecule has 0 saturated carbocycles. The van der Waals surface area contributed by atoms with Crippen molar-refractivity contribution in [1.82, 2.24) is 14.5 Å². The van der Waals surface area contributed by atoms with Gasteiger partial charge in [-0.3, -0.25) is 9.36 Å². The van der Waals surface area contributed by atoms with Crippen molar-refractivity contribution in [3.05, 3.63) is 58.5 Å². The number of hydrogen-bond donors (Lipinski definition) is 0. The third kappa shape index (κ3) is 3.16. The molecule has 1 aromatic heterocycles. The summed E-state index contributed by atoms with van der Waals surface area (Å²) in [5.41, 5.74) is -0.656. The standard InChI is InChI=1S/C18H20N4O5/c1-18(13-7-4-3-5-8-13,20-11-15(19-12-20)22(25)26)17(24)21-10-6-9-14(21)16(23)27-2/h3-5,7-8,11-12,14H,6,9-10H2,1-2H3. The van der Waals surface area contributed by atoms with Gasteiger partial charge < -0.3 is 19.8 Å². The van der Waals surface area contributed by atoms with E-state index in [0.717, 1.165) is 0 Å². The predicted octanol–water partition coefficient (Wildman–Crippen LogP) is 1.72. The molecule has 1 aliphatic rings. The van der Waals surface area contributed by atoms with Gasteiger partial charge in [0.05, 0.1) is 7.11 Å². The number of carbonyl (C=O) groups excluding carboxylic acids is 2. The number of aromatic nitrogens is 2. The zero-order chi connectivity index (χ0) is 19.6. The summed E-state index contributed by atoms with van der Waals surface area (Å²) in [4.78, 5) is 41.4. The number of hydrogen-bond acceptors (Lipinski definition) is 6. The van der Waals surface area contributed by atoms with Crippen molar-refractivity contribution in [2.45, 2.75) is 31.3 Å². The second-order valence-corrected chi connectivity index (χ2v) is 6.51. The molecule has 1 amide bonds. The zero-order valence-electron chi connectivity index (χ0n) is 15.1. The Morgan fingerprint density at radius 3 is 2.63 bits per heavy atom. The third-order valence-electron chi connectivity index (χ3n) is 5.01. The first kappa shape index (κ1) is 18.6. The van der Waals surface area contributed by atoms with Gasteiger partial charge in [-0.05, 0) is 35.2 Å². The molecule has 0 spiro atoms. The number of benzene rings is 1. The van der Waals surface area contributed by atoms with Gasteiger partial charge in [0.1, 0.15) is 17.8 Å². The Balaban J connectivity index is 2.08. The second-order valence-electron chi connectivity index (χ2n) is 6.51. The minimum atomic E-state index is -1.29.